The van der Waals surface area contributed by atoms with E-state index in [9.17, 15) is 10.1 Å². The van der Waals surface area contributed by atoms with Crippen LogP contribution in [0.4, 0.5) is 11.5 Å². The summed E-state index contributed by atoms with van der Waals surface area (Å²) in [5.74, 6) is 0.614. The molecule has 1 fully saturated rings. The van der Waals surface area contributed by atoms with Gasteiger partial charge in [-0.15, -0.1) is 11.3 Å². The van der Waals surface area contributed by atoms with E-state index in [0.717, 1.165) is 44.8 Å². The molecule has 0 unspecified atom stereocenters. The molecular weight excluding hydrogens is 316 g/mol. The van der Waals surface area contributed by atoms with Gasteiger partial charge in [0.05, 0.1) is 16.1 Å². The number of rotatable bonds is 4. The van der Waals surface area contributed by atoms with E-state index in [1.807, 2.05) is 5.51 Å². The Morgan fingerprint density at radius 3 is 2.87 bits per heavy atom. The third kappa shape index (κ3) is 3.35. The number of aryl methyl sites for hydroxylation is 2. The summed E-state index contributed by atoms with van der Waals surface area (Å²) >= 11 is 1.61. The molecule has 0 saturated carbocycles. The quantitative estimate of drug-likeness (QED) is 0.626. The van der Waals surface area contributed by atoms with E-state index in [2.05, 4.69) is 25.3 Å². The average Bonchev–Trinajstić information content (AvgIpc) is 3.02. The minimum atomic E-state index is -0.324. The largest absolute Gasteiger partial charge is 0.350 e. The van der Waals surface area contributed by atoms with Crippen molar-refractivity contribution < 1.29 is 4.92 Å². The van der Waals surface area contributed by atoms with Gasteiger partial charge < -0.3 is 4.90 Å². The van der Waals surface area contributed by atoms with Gasteiger partial charge in [-0.25, -0.2) is 9.67 Å². The maximum absolute atomic E-state index is 11.4. The first kappa shape index (κ1) is 15.9. The first-order chi connectivity index (χ1) is 11.1. The summed E-state index contributed by atoms with van der Waals surface area (Å²) in [6.45, 7) is 5.91. The van der Waals surface area contributed by atoms with Crippen LogP contribution in [0.25, 0.3) is 0 Å². The summed E-state index contributed by atoms with van der Waals surface area (Å²) in [6.07, 6.45) is 0.964. The number of nitrogens with zero attached hydrogens (tertiary/aromatic N) is 6. The van der Waals surface area contributed by atoms with E-state index in [4.69, 9.17) is 0 Å². The highest BCUT2D eigenvalue weighted by Gasteiger charge is 2.29. The minimum absolute atomic E-state index is 0.125. The summed E-state index contributed by atoms with van der Waals surface area (Å²) < 4.78 is 1.63. The Hall–Kier alpha value is -2.00. The van der Waals surface area contributed by atoms with Crippen LogP contribution in [0.5, 0.6) is 0 Å². The van der Waals surface area contributed by atoms with Crippen LogP contribution in [-0.2, 0) is 13.6 Å². The van der Waals surface area contributed by atoms with E-state index >= 15 is 0 Å². The lowest BCUT2D eigenvalue weighted by Gasteiger charge is -2.22. The predicted octanol–water partition coefficient (Wildman–Crippen LogP) is 1.81. The van der Waals surface area contributed by atoms with Crippen molar-refractivity contribution in [3.63, 3.8) is 0 Å². The number of thiazole rings is 1. The summed E-state index contributed by atoms with van der Waals surface area (Å²) in [6, 6.07) is 0. The maximum Gasteiger partial charge on any atom is 0.333 e. The number of anilines is 1. The Bertz CT molecular complexity index is 684. The van der Waals surface area contributed by atoms with Crippen molar-refractivity contribution in [2.24, 2.45) is 7.05 Å². The SMILES string of the molecule is Cc1nn(C)c(N2CCCN(Cc3cscn3)CC2)c1[N+](=O)[O-]. The molecule has 3 rings (SSSR count). The van der Waals surface area contributed by atoms with Crippen LogP contribution in [0.15, 0.2) is 10.9 Å². The van der Waals surface area contributed by atoms with Gasteiger partial charge in [0, 0.05) is 45.2 Å². The molecule has 2 aromatic rings. The maximum atomic E-state index is 11.4. The molecule has 124 valence electrons. The first-order valence-corrected chi connectivity index (χ1v) is 8.53. The molecule has 0 amide bonds. The van der Waals surface area contributed by atoms with Crippen molar-refractivity contribution in [1.29, 1.82) is 0 Å². The molecule has 9 heteroatoms. The molecular formula is C14H20N6O2S. The molecule has 0 radical (unpaired) electrons. The van der Waals surface area contributed by atoms with Gasteiger partial charge in [-0.1, -0.05) is 0 Å². The fourth-order valence-corrected chi connectivity index (χ4v) is 3.64. The molecule has 0 atom stereocenters. The van der Waals surface area contributed by atoms with Gasteiger partial charge >= 0.3 is 5.69 Å². The van der Waals surface area contributed by atoms with Crippen molar-refractivity contribution in [2.45, 2.75) is 19.9 Å². The Balaban J connectivity index is 1.74. The normalized spacial score (nSPS) is 16.5. The molecule has 0 spiro atoms. The Labute approximate surface area is 138 Å². The van der Waals surface area contributed by atoms with Crippen molar-refractivity contribution in [2.75, 3.05) is 31.1 Å². The Morgan fingerprint density at radius 2 is 2.17 bits per heavy atom. The smallest absolute Gasteiger partial charge is 0.333 e. The van der Waals surface area contributed by atoms with Crippen LogP contribution in [0, 0.1) is 17.0 Å². The lowest BCUT2D eigenvalue weighted by atomic mass is 10.3. The second-order valence-electron chi connectivity index (χ2n) is 5.73. The molecule has 8 nitrogen and oxygen atoms in total. The number of aromatic nitrogens is 3. The Morgan fingerprint density at radius 1 is 1.35 bits per heavy atom. The van der Waals surface area contributed by atoms with Crippen LogP contribution in [0.2, 0.25) is 0 Å². The molecule has 0 aliphatic carbocycles. The monoisotopic (exact) mass is 336 g/mol. The second-order valence-corrected chi connectivity index (χ2v) is 6.45. The summed E-state index contributed by atoms with van der Waals surface area (Å²) in [5.41, 5.74) is 3.53. The fraction of sp³-hybridized carbons (Fsp3) is 0.571. The van der Waals surface area contributed by atoms with E-state index in [-0.39, 0.29) is 10.6 Å². The second kappa shape index (κ2) is 6.63. The highest BCUT2D eigenvalue weighted by molar-refractivity contribution is 7.07. The zero-order chi connectivity index (χ0) is 16.4. The van der Waals surface area contributed by atoms with E-state index in [1.165, 1.54) is 0 Å². The highest BCUT2D eigenvalue weighted by atomic mass is 32.1. The number of hydrogen-bond acceptors (Lipinski definition) is 7. The van der Waals surface area contributed by atoms with Gasteiger partial charge in [0.2, 0.25) is 5.82 Å². The first-order valence-electron chi connectivity index (χ1n) is 7.58. The highest BCUT2D eigenvalue weighted by Crippen LogP contribution is 2.31. The Kier molecular flexibility index (Phi) is 4.58. The fourth-order valence-electron chi connectivity index (χ4n) is 3.09. The molecule has 0 N–H and O–H groups in total. The lowest BCUT2D eigenvalue weighted by molar-refractivity contribution is -0.384. The summed E-state index contributed by atoms with van der Waals surface area (Å²) in [5, 5.41) is 17.7. The molecule has 1 aliphatic rings. The standard InChI is InChI=1S/C14H20N6O2S/c1-11-13(20(21)22)14(17(2)16-11)19-5-3-4-18(6-7-19)8-12-9-23-10-15-12/h9-10H,3-8H2,1-2H3. The third-order valence-electron chi connectivity index (χ3n) is 4.10. The zero-order valence-corrected chi connectivity index (χ0v) is 14.1. The van der Waals surface area contributed by atoms with Crippen LogP contribution < -0.4 is 4.90 Å². The van der Waals surface area contributed by atoms with Gasteiger partial charge in [-0.3, -0.25) is 15.0 Å². The van der Waals surface area contributed by atoms with Crippen LogP contribution >= 0.6 is 11.3 Å². The van der Waals surface area contributed by atoms with Crippen LogP contribution in [-0.4, -0.2) is 50.8 Å². The van der Waals surface area contributed by atoms with Crippen molar-refractivity contribution in [3.8, 4) is 0 Å². The van der Waals surface area contributed by atoms with Gasteiger partial charge in [-0.05, 0) is 13.3 Å². The zero-order valence-electron chi connectivity index (χ0n) is 13.3. The van der Waals surface area contributed by atoms with Crippen molar-refractivity contribution >= 4 is 22.8 Å². The third-order valence-corrected chi connectivity index (χ3v) is 4.74. The molecule has 3 heterocycles. The van der Waals surface area contributed by atoms with Gasteiger partial charge in [0.1, 0.15) is 5.69 Å². The summed E-state index contributed by atoms with van der Waals surface area (Å²) in [7, 11) is 1.77. The van der Waals surface area contributed by atoms with Gasteiger partial charge in [0.15, 0.2) is 0 Å². The molecule has 0 aromatic carbocycles. The molecule has 1 aliphatic heterocycles. The van der Waals surface area contributed by atoms with E-state index in [1.54, 1.807) is 30.0 Å². The van der Waals surface area contributed by atoms with Gasteiger partial charge in [0.25, 0.3) is 0 Å². The minimum Gasteiger partial charge on any atom is -0.350 e. The number of hydrogen-bond donors (Lipinski definition) is 0. The van der Waals surface area contributed by atoms with Crippen molar-refractivity contribution in [3.05, 3.63) is 32.4 Å². The van der Waals surface area contributed by atoms with Crippen LogP contribution in [0.3, 0.4) is 0 Å². The van der Waals surface area contributed by atoms with Crippen LogP contribution in [0.1, 0.15) is 17.8 Å². The van der Waals surface area contributed by atoms with Gasteiger partial charge in [-0.2, -0.15) is 5.10 Å². The molecule has 2 aromatic heterocycles. The van der Waals surface area contributed by atoms with E-state index in [0.29, 0.717) is 11.5 Å². The summed E-state index contributed by atoms with van der Waals surface area (Å²) in [4.78, 5) is 19.8. The topological polar surface area (TPSA) is 80.3 Å². The van der Waals surface area contributed by atoms with E-state index < -0.39 is 0 Å². The lowest BCUT2D eigenvalue weighted by Crippen LogP contribution is -2.32. The predicted molar refractivity (Wildman–Crippen MR) is 88.8 cm³/mol. The molecule has 1 saturated heterocycles. The van der Waals surface area contributed by atoms with Crippen molar-refractivity contribution in [1.82, 2.24) is 19.7 Å². The average molecular weight is 336 g/mol. The number of nitro groups is 1. The molecule has 23 heavy (non-hydrogen) atoms. The molecule has 0 bridgehead atoms.